The van der Waals surface area contributed by atoms with Gasteiger partial charge in [-0.1, -0.05) is 12.1 Å². The summed E-state index contributed by atoms with van der Waals surface area (Å²) in [4.78, 5) is 12.4. The molecule has 2 heterocycles. The van der Waals surface area contributed by atoms with E-state index >= 15 is 0 Å². The Bertz CT molecular complexity index is 817. The molecule has 0 spiro atoms. The molecule has 0 saturated heterocycles. The highest BCUT2D eigenvalue weighted by atomic mass is 15.1. The van der Waals surface area contributed by atoms with Gasteiger partial charge in [-0.05, 0) is 43.2 Å². The van der Waals surface area contributed by atoms with E-state index in [0.717, 1.165) is 16.9 Å². The van der Waals surface area contributed by atoms with Crippen LogP contribution in [0.4, 0.5) is 28.7 Å². The Morgan fingerprint density at radius 1 is 0.913 bits per heavy atom. The van der Waals surface area contributed by atoms with Crippen LogP contribution in [0.25, 0.3) is 0 Å². The smallest absolute Gasteiger partial charge is 0.159 e. The van der Waals surface area contributed by atoms with Crippen LogP contribution < -0.4 is 16.4 Å². The standard InChI is InChI=1S/C17H18N6/c1-11-4-3-5-14(12(11)2)23-17-15(18)16(20-10-21-17)22-13-6-8-19-9-7-13/h3-10H,18H2,1-2H3,(H2,19,20,21,22,23). The van der Waals surface area contributed by atoms with Crippen LogP contribution in [-0.4, -0.2) is 15.0 Å². The van der Waals surface area contributed by atoms with Crippen molar-refractivity contribution in [2.75, 3.05) is 16.4 Å². The number of nitrogen functional groups attached to an aromatic ring is 1. The van der Waals surface area contributed by atoms with E-state index in [1.807, 2.05) is 24.3 Å². The molecule has 4 N–H and O–H groups in total. The minimum absolute atomic E-state index is 0.463. The topological polar surface area (TPSA) is 88.8 Å². The van der Waals surface area contributed by atoms with Gasteiger partial charge in [-0.3, -0.25) is 4.98 Å². The summed E-state index contributed by atoms with van der Waals surface area (Å²) in [7, 11) is 0. The molecule has 0 aliphatic carbocycles. The molecule has 0 saturated carbocycles. The van der Waals surface area contributed by atoms with Crippen molar-refractivity contribution >= 4 is 28.7 Å². The van der Waals surface area contributed by atoms with E-state index in [1.54, 1.807) is 12.4 Å². The fourth-order valence-corrected chi connectivity index (χ4v) is 2.18. The minimum Gasteiger partial charge on any atom is -0.393 e. The third-order valence-corrected chi connectivity index (χ3v) is 3.68. The fourth-order valence-electron chi connectivity index (χ4n) is 2.18. The van der Waals surface area contributed by atoms with Crippen LogP contribution in [-0.2, 0) is 0 Å². The van der Waals surface area contributed by atoms with Gasteiger partial charge in [-0.15, -0.1) is 0 Å². The lowest BCUT2D eigenvalue weighted by Crippen LogP contribution is -2.06. The van der Waals surface area contributed by atoms with Gasteiger partial charge in [0.1, 0.15) is 12.0 Å². The van der Waals surface area contributed by atoms with Gasteiger partial charge in [0.05, 0.1) is 0 Å². The molecule has 1 aromatic carbocycles. The normalized spacial score (nSPS) is 10.3. The molecule has 0 unspecified atom stereocenters. The quantitative estimate of drug-likeness (QED) is 0.683. The summed E-state index contributed by atoms with van der Waals surface area (Å²) in [5.74, 6) is 1.13. The largest absolute Gasteiger partial charge is 0.393 e. The number of nitrogens with zero attached hydrogens (tertiary/aromatic N) is 3. The van der Waals surface area contributed by atoms with Gasteiger partial charge in [-0.25, -0.2) is 9.97 Å². The van der Waals surface area contributed by atoms with Crippen LogP contribution in [0.3, 0.4) is 0 Å². The molecule has 0 radical (unpaired) electrons. The van der Waals surface area contributed by atoms with Crippen molar-refractivity contribution in [2.45, 2.75) is 13.8 Å². The maximum Gasteiger partial charge on any atom is 0.159 e. The second-order valence-electron chi connectivity index (χ2n) is 5.22. The third kappa shape index (κ3) is 3.21. The van der Waals surface area contributed by atoms with Crippen molar-refractivity contribution in [3.8, 4) is 0 Å². The van der Waals surface area contributed by atoms with Gasteiger partial charge in [0.15, 0.2) is 11.6 Å². The van der Waals surface area contributed by atoms with Crippen LogP contribution in [0.5, 0.6) is 0 Å². The van der Waals surface area contributed by atoms with Gasteiger partial charge in [0.2, 0.25) is 0 Å². The maximum atomic E-state index is 6.20. The molecule has 0 aliphatic heterocycles. The number of nitrogens with one attached hydrogen (secondary N) is 2. The highest BCUT2D eigenvalue weighted by molar-refractivity contribution is 5.80. The number of hydrogen-bond donors (Lipinski definition) is 3. The molecule has 116 valence electrons. The highest BCUT2D eigenvalue weighted by Crippen LogP contribution is 2.29. The van der Waals surface area contributed by atoms with E-state index in [2.05, 4.69) is 45.5 Å². The number of rotatable bonds is 4. The zero-order chi connectivity index (χ0) is 16.2. The Labute approximate surface area is 134 Å². The third-order valence-electron chi connectivity index (χ3n) is 3.68. The molecule has 6 heteroatoms. The molecule has 0 aliphatic rings. The molecule has 0 bridgehead atoms. The van der Waals surface area contributed by atoms with Crippen LogP contribution in [0, 0.1) is 13.8 Å². The van der Waals surface area contributed by atoms with Crippen LogP contribution >= 0.6 is 0 Å². The van der Waals surface area contributed by atoms with E-state index in [1.165, 1.54) is 11.9 Å². The molecule has 3 rings (SSSR count). The van der Waals surface area contributed by atoms with Crippen LogP contribution in [0.15, 0.2) is 49.1 Å². The molecule has 3 aromatic rings. The van der Waals surface area contributed by atoms with Gasteiger partial charge in [0.25, 0.3) is 0 Å². The predicted molar refractivity (Wildman–Crippen MR) is 93.2 cm³/mol. The summed E-state index contributed by atoms with van der Waals surface area (Å²) in [5, 5.41) is 6.45. The van der Waals surface area contributed by atoms with Crippen molar-refractivity contribution in [3.63, 3.8) is 0 Å². The summed E-state index contributed by atoms with van der Waals surface area (Å²) in [6.45, 7) is 4.13. The Hall–Kier alpha value is -3.15. The molecule has 2 aromatic heterocycles. The van der Waals surface area contributed by atoms with E-state index < -0.39 is 0 Å². The number of benzene rings is 1. The van der Waals surface area contributed by atoms with E-state index in [0.29, 0.717) is 17.3 Å². The molecule has 0 atom stereocenters. The van der Waals surface area contributed by atoms with E-state index in [-0.39, 0.29) is 0 Å². The number of hydrogen-bond acceptors (Lipinski definition) is 6. The van der Waals surface area contributed by atoms with Gasteiger partial charge in [0, 0.05) is 23.8 Å². The van der Waals surface area contributed by atoms with Crippen molar-refractivity contribution in [1.29, 1.82) is 0 Å². The summed E-state index contributed by atoms with van der Waals surface area (Å²) in [6, 6.07) is 9.76. The molecule has 23 heavy (non-hydrogen) atoms. The van der Waals surface area contributed by atoms with Crippen molar-refractivity contribution in [1.82, 2.24) is 15.0 Å². The van der Waals surface area contributed by atoms with Crippen molar-refractivity contribution < 1.29 is 0 Å². The number of anilines is 5. The Balaban J connectivity index is 1.89. The monoisotopic (exact) mass is 306 g/mol. The lowest BCUT2D eigenvalue weighted by molar-refractivity contribution is 1.17. The Morgan fingerprint density at radius 3 is 2.35 bits per heavy atom. The maximum absolute atomic E-state index is 6.20. The van der Waals surface area contributed by atoms with Crippen molar-refractivity contribution in [3.05, 3.63) is 60.2 Å². The van der Waals surface area contributed by atoms with E-state index in [9.17, 15) is 0 Å². The first-order valence-electron chi connectivity index (χ1n) is 7.26. The average molecular weight is 306 g/mol. The fraction of sp³-hybridized carbons (Fsp3) is 0.118. The number of aromatic nitrogens is 3. The molecular formula is C17H18N6. The Morgan fingerprint density at radius 2 is 1.61 bits per heavy atom. The van der Waals surface area contributed by atoms with E-state index in [4.69, 9.17) is 5.73 Å². The minimum atomic E-state index is 0.463. The summed E-state index contributed by atoms with van der Waals surface area (Å²) < 4.78 is 0. The summed E-state index contributed by atoms with van der Waals surface area (Å²) in [6.07, 6.45) is 4.89. The predicted octanol–water partition coefficient (Wildman–Crippen LogP) is 3.56. The molecule has 0 fully saturated rings. The zero-order valence-corrected chi connectivity index (χ0v) is 13.0. The number of nitrogens with two attached hydrogens (primary N) is 1. The first-order chi connectivity index (χ1) is 11.1. The SMILES string of the molecule is Cc1cccc(Nc2ncnc(Nc3ccncc3)c2N)c1C. The lowest BCUT2D eigenvalue weighted by Gasteiger charge is -2.14. The molecule has 0 amide bonds. The molecular weight excluding hydrogens is 288 g/mol. The number of pyridine rings is 1. The Kier molecular flexibility index (Phi) is 4.05. The summed E-state index contributed by atoms with van der Waals surface area (Å²) in [5.41, 5.74) is 10.9. The van der Waals surface area contributed by atoms with Crippen LogP contribution in [0.2, 0.25) is 0 Å². The summed E-state index contributed by atoms with van der Waals surface area (Å²) >= 11 is 0. The van der Waals surface area contributed by atoms with Crippen LogP contribution in [0.1, 0.15) is 11.1 Å². The molecule has 6 nitrogen and oxygen atoms in total. The van der Waals surface area contributed by atoms with Crippen molar-refractivity contribution in [2.24, 2.45) is 0 Å². The average Bonchev–Trinajstić information content (AvgIpc) is 2.56. The highest BCUT2D eigenvalue weighted by Gasteiger charge is 2.10. The first kappa shape index (κ1) is 14.8. The van der Waals surface area contributed by atoms with Gasteiger partial charge in [-0.2, -0.15) is 0 Å². The second-order valence-corrected chi connectivity index (χ2v) is 5.22. The number of aryl methyl sites for hydroxylation is 1. The van der Waals surface area contributed by atoms with Gasteiger partial charge >= 0.3 is 0 Å². The van der Waals surface area contributed by atoms with Gasteiger partial charge < -0.3 is 16.4 Å². The second kappa shape index (κ2) is 6.31. The first-order valence-corrected chi connectivity index (χ1v) is 7.26. The zero-order valence-electron chi connectivity index (χ0n) is 13.0. The lowest BCUT2D eigenvalue weighted by atomic mass is 10.1.